The summed E-state index contributed by atoms with van der Waals surface area (Å²) in [6, 6.07) is 14.8. The number of nitrogens with zero attached hydrogens (tertiary/aromatic N) is 3. The topological polar surface area (TPSA) is 93.4 Å². The quantitative estimate of drug-likeness (QED) is 0.609. The van der Waals surface area contributed by atoms with Gasteiger partial charge in [0.15, 0.2) is 0 Å². The van der Waals surface area contributed by atoms with Gasteiger partial charge in [0.1, 0.15) is 5.69 Å². The summed E-state index contributed by atoms with van der Waals surface area (Å²) < 4.78 is 31.5. The molecule has 1 amide bonds. The lowest BCUT2D eigenvalue weighted by molar-refractivity contribution is 0.0772. The van der Waals surface area contributed by atoms with Crippen LogP contribution in [0.3, 0.4) is 0 Å². The highest BCUT2D eigenvalue weighted by atomic mass is 32.2. The van der Waals surface area contributed by atoms with Crippen molar-refractivity contribution in [2.45, 2.75) is 25.7 Å². The van der Waals surface area contributed by atoms with Crippen LogP contribution in [-0.4, -0.2) is 41.7 Å². The van der Waals surface area contributed by atoms with E-state index in [2.05, 4.69) is 4.72 Å². The second kappa shape index (κ2) is 8.81. The van der Waals surface area contributed by atoms with Crippen molar-refractivity contribution in [2.75, 3.05) is 17.8 Å². The highest BCUT2D eigenvalue weighted by molar-refractivity contribution is 7.92. The second-order valence-electron chi connectivity index (χ2n) is 7.05. The fourth-order valence-corrected chi connectivity index (χ4v) is 4.53. The number of hydrogen-bond donors (Lipinski definition) is 1. The summed E-state index contributed by atoms with van der Waals surface area (Å²) in [5.41, 5.74) is 0.846. The Morgan fingerprint density at radius 3 is 2.29 bits per heavy atom. The average molecular weight is 443 g/mol. The molecule has 0 saturated carbocycles. The molecule has 0 spiro atoms. The molecule has 9 heteroatoms. The Morgan fingerprint density at radius 1 is 1.03 bits per heavy atom. The number of anilines is 1. The molecule has 8 nitrogen and oxygen atoms in total. The van der Waals surface area contributed by atoms with Crippen molar-refractivity contribution in [3.05, 3.63) is 76.2 Å². The molecule has 0 aliphatic carbocycles. The van der Waals surface area contributed by atoms with Crippen molar-refractivity contribution < 1.29 is 13.2 Å². The Kier molecular flexibility index (Phi) is 6.35. The zero-order valence-corrected chi connectivity index (χ0v) is 18.8. The smallest absolute Gasteiger partial charge is 0.296 e. The highest BCUT2D eigenvalue weighted by Gasteiger charge is 2.23. The molecule has 0 bridgehead atoms. The van der Waals surface area contributed by atoms with E-state index in [4.69, 9.17) is 0 Å². The summed E-state index contributed by atoms with van der Waals surface area (Å²) in [5.74, 6) is -0.246. The molecule has 0 aliphatic rings. The van der Waals surface area contributed by atoms with Gasteiger partial charge in [-0.05, 0) is 51.1 Å². The van der Waals surface area contributed by atoms with Crippen LogP contribution in [0.25, 0.3) is 5.69 Å². The molecule has 0 atom stereocenters. The van der Waals surface area contributed by atoms with Gasteiger partial charge in [0, 0.05) is 25.7 Å². The number of benzene rings is 2. The van der Waals surface area contributed by atoms with Crippen LogP contribution in [0, 0.1) is 6.92 Å². The van der Waals surface area contributed by atoms with Gasteiger partial charge in [-0.15, -0.1) is 0 Å². The maximum atomic E-state index is 13.1. The maximum absolute atomic E-state index is 13.1. The van der Waals surface area contributed by atoms with E-state index in [-0.39, 0.29) is 22.1 Å². The normalized spacial score (nSPS) is 11.4. The third-order valence-electron chi connectivity index (χ3n) is 5.23. The Balaban J connectivity index is 2.00. The number of nitrogens with one attached hydrogen (secondary N) is 1. The average Bonchev–Trinajstić information content (AvgIpc) is 2.98. The van der Waals surface area contributed by atoms with Crippen LogP contribution in [0.1, 0.15) is 29.9 Å². The predicted octanol–water partition coefficient (Wildman–Crippen LogP) is 2.77. The first-order valence-corrected chi connectivity index (χ1v) is 11.5. The lowest BCUT2D eigenvalue weighted by Crippen LogP contribution is -2.30. The molecule has 0 fully saturated rings. The number of para-hydroxylation sites is 1. The molecule has 1 heterocycles. The van der Waals surface area contributed by atoms with Crippen LogP contribution in [-0.2, 0) is 17.1 Å². The number of sulfonamides is 1. The maximum Gasteiger partial charge on any atom is 0.296 e. The van der Waals surface area contributed by atoms with E-state index in [9.17, 15) is 18.0 Å². The molecule has 164 valence electrons. The largest absolute Gasteiger partial charge is 0.339 e. The summed E-state index contributed by atoms with van der Waals surface area (Å²) in [4.78, 5) is 27.2. The number of hydrogen-bond acceptors (Lipinski definition) is 4. The number of aromatic nitrogens is 2. The summed E-state index contributed by atoms with van der Waals surface area (Å²) in [6.45, 7) is 6.43. The first-order valence-electron chi connectivity index (χ1n) is 9.97. The van der Waals surface area contributed by atoms with Crippen molar-refractivity contribution in [1.82, 2.24) is 14.3 Å². The number of amides is 1. The lowest BCUT2D eigenvalue weighted by atomic mass is 10.2. The zero-order valence-electron chi connectivity index (χ0n) is 18.0. The van der Waals surface area contributed by atoms with Crippen LogP contribution in [0.15, 0.2) is 64.3 Å². The van der Waals surface area contributed by atoms with Gasteiger partial charge < -0.3 is 4.90 Å². The zero-order chi connectivity index (χ0) is 22.8. The van der Waals surface area contributed by atoms with Gasteiger partial charge in [-0.2, -0.15) is 0 Å². The molecule has 1 N–H and O–H groups in total. The van der Waals surface area contributed by atoms with E-state index >= 15 is 0 Å². The number of carbonyl (C=O) groups is 1. The Labute approximate surface area is 181 Å². The van der Waals surface area contributed by atoms with Gasteiger partial charge in [0.05, 0.1) is 16.3 Å². The SMILES string of the molecule is CCN(CC)C(=O)c1cccc(S(=O)(=O)Nc2c(C)n(C)n(-c3ccccc3)c2=O)c1. The molecular formula is C22H26N4O4S. The fourth-order valence-electron chi connectivity index (χ4n) is 3.37. The molecule has 0 saturated heterocycles. The first-order chi connectivity index (χ1) is 14.7. The predicted molar refractivity (Wildman–Crippen MR) is 120 cm³/mol. The van der Waals surface area contributed by atoms with Crippen LogP contribution in [0.4, 0.5) is 5.69 Å². The lowest BCUT2D eigenvalue weighted by Gasteiger charge is -2.19. The van der Waals surface area contributed by atoms with Gasteiger partial charge >= 0.3 is 0 Å². The van der Waals surface area contributed by atoms with Gasteiger partial charge in [0.2, 0.25) is 0 Å². The van der Waals surface area contributed by atoms with Crippen LogP contribution in [0.2, 0.25) is 0 Å². The van der Waals surface area contributed by atoms with Crippen molar-refractivity contribution in [1.29, 1.82) is 0 Å². The van der Waals surface area contributed by atoms with E-state index in [1.54, 1.807) is 53.9 Å². The van der Waals surface area contributed by atoms with E-state index in [1.807, 2.05) is 19.9 Å². The van der Waals surface area contributed by atoms with Crippen molar-refractivity contribution in [3.8, 4) is 5.69 Å². The third-order valence-corrected chi connectivity index (χ3v) is 6.58. The van der Waals surface area contributed by atoms with Gasteiger partial charge in [-0.3, -0.25) is 19.0 Å². The van der Waals surface area contributed by atoms with E-state index in [0.29, 0.717) is 24.5 Å². The van der Waals surface area contributed by atoms with Crippen LogP contribution in [0.5, 0.6) is 0 Å². The third kappa shape index (κ3) is 4.27. The summed E-state index contributed by atoms with van der Waals surface area (Å²) in [6.07, 6.45) is 0. The Morgan fingerprint density at radius 2 is 1.68 bits per heavy atom. The fraction of sp³-hybridized carbons (Fsp3) is 0.273. The Hall–Kier alpha value is -3.33. The van der Waals surface area contributed by atoms with E-state index in [1.165, 1.54) is 22.9 Å². The molecule has 3 rings (SSSR count). The molecule has 31 heavy (non-hydrogen) atoms. The molecule has 1 aromatic heterocycles. The monoisotopic (exact) mass is 442 g/mol. The van der Waals surface area contributed by atoms with E-state index < -0.39 is 15.6 Å². The van der Waals surface area contributed by atoms with Crippen molar-refractivity contribution >= 4 is 21.6 Å². The minimum Gasteiger partial charge on any atom is -0.339 e. The molecule has 2 aromatic carbocycles. The van der Waals surface area contributed by atoms with Crippen LogP contribution < -0.4 is 10.3 Å². The molecule has 0 radical (unpaired) electrons. The van der Waals surface area contributed by atoms with E-state index in [0.717, 1.165) is 0 Å². The van der Waals surface area contributed by atoms with Crippen molar-refractivity contribution in [3.63, 3.8) is 0 Å². The molecule has 3 aromatic rings. The molecule has 0 aliphatic heterocycles. The van der Waals surface area contributed by atoms with Gasteiger partial charge in [-0.1, -0.05) is 24.3 Å². The number of carbonyl (C=O) groups excluding carboxylic acids is 1. The van der Waals surface area contributed by atoms with Gasteiger partial charge in [0.25, 0.3) is 21.5 Å². The van der Waals surface area contributed by atoms with Gasteiger partial charge in [-0.25, -0.2) is 13.1 Å². The van der Waals surface area contributed by atoms with Crippen molar-refractivity contribution in [2.24, 2.45) is 7.05 Å². The summed E-state index contributed by atoms with van der Waals surface area (Å²) in [5, 5.41) is 0. The standard InChI is InChI=1S/C22H26N4O4S/c1-5-25(6-2)21(27)17-11-10-14-19(15-17)31(29,30)23-20-16(3)24(4)26(22(20)28)18-12-8-7-9-13-18/h7-15,23H,5-6H2,1-4H3. The second-order valence-corrected chi connectivity index (χ2v) is 8.73. The number of rotatable bonds is 7. The molecular weight excluding hydrogens is 416 g/mol. The Bertz CT molecular complexity index is 1260. The highest BCUT2D eigenvalue weighted by Crippen LogP contribution is 2.20. The first kappa shape index (κ1) is 22.4. The van der Waals surface area contributed by atoms with Crippen LogP contribution >= 0.6 is 0 Å². The minimum atomic E-state index is -4.09. The molecule has 0 unspecified atom stereocenters. The summed E-state index contributed by atoms with van der Waals surface area (Å²) >= 11 is 0. The minimum absolute atomic E-state index is 0.0353. The summed E-state index contributed by atoms with van der Waals surface area (Å²) in [7, 11) is -2.40.